The fourth-order valence-corrected chi connectivity index (χ4v) is 3.76. The third-order valence-electron chi connectivity index (χ3n) is 6.34. The van der Waals surface area contributed by atoms with Gasteiger partial charge in [-0.2, -0.15) is 5.11 Å². The van der Waals surface area contributed by atoms with Crippen molar-refractivity contribution >= 4 is 35.2 Å². The minimum Gasteiger partial charge on any atom is -0.449 e. The molecule has 0 spiro atoms. The van der Waals surface area contributed by atoms with Gasteiger partial charge in [-0.1, -0.05) is 84.4 Å². The summed E-state index contributed by atoms with van der Waals surface area (Å²) in [5.74, 6) is 0.979. The van der Waals surface area contributed by atoms with E-state index in [0.717, 1.165) is 51.4 Å². The van der Waals surface area contributed by atoms with Gasteiger partial charge < -0.3 is 9.47 Å². The first-order valence-electron chi connectivity index (χ1n) is 13.8. The number of amides is 2. The smallest absolute Gasteiger partial charge is 0.412 e. The molecule has 2 atom stereocenters. The number of rotatable bonds is 16. The highest BCUT2D eigenvalue weighted by molar-refractivity contribution is 5.89. The molecule has 38 heavy (non-hydrogen) atoms. The van der Waals surface area contributed by atoms with Crippen LogP contribution in [0.1, 0.15) is 79.1 Å². The van der Waals surface area contributed by atoms with Crippen molar-refractivity contribution in [3.05, 3.63) is 42.5 Å². The van der Waals surface area contributed by atoms with E-state index in [-0.39, 0.29) is 11.6 Å². The Morgan fingerprint density at radius 3 is 1.92 bits per heavy atom. The van der Waals surface area contributed by atoms with E-state index in [0.29, 0.717) is 36.4 Å². The summed E-state index contributed by atoms with van der Waals surface area (Å²) in [4.78, 5) is 29.4. The summed E-state index contributed by atoms with van der Waals surface area (Å²) in [5, 5.41) is 13.8. The van der Waals surface area contributed by atoms with Crippen LogP contribution >= 0.6 is 0 Å². The molecule has 0 aliphatic heterocycles. The highest BCUT2D eigenvalue weighted by Crippen LogP contribution is 2.27. The number of anilines is 2. The maximum atomic E-state index is 12.6. The summed E-state index contributed by atoms with van der Waals surface area (Å²) in [6, 6.07) is 12.4. The van der Waals surface area contributed by atoms with Crippen LogP contribution in [0.4, 0.5) is 32.6 Å². The number of hydrogen-bond acceptors (Lipinski definition) is 7. The van der Waals surface area contributed by atoms with Crippen LogP contribution in [0, 0.1) is 11.8 Å². The molecule has 2 aromatic rings. The number of pyridine rings is 1. The van der Waals surface area contributed by atoms with Crippen LogP contribution in [0.15, 0.2) is 52.7 Å². The number of carbonyl (C=O) groups excluding carboxylic acids is 2. The van der Waals surface area contributed by atoms with Gasteiger partial charge in [-0.05, 0) is 48.9 Å². The fourth-order valence-electron chi connectivity index (χ4n) is 3.76. The molecule has 0 bridgehead atoms. The zero-order chi connectivity index (χ0) is 27.6. The molecular weight excluding hydrogens is 482 g/mol. The zero-order valence-corrected chi connectivity index (χ0v) is 23.2. The highest BCUT2D eigenvalue weighted by Gasteiger charge is 2.16. The van der Waals surface area contributed by atoms with Gasteiger partial charge in [-0.15, -0.1) is 5.11 Å². The first-order valence-corrected chi connectivity index (χ1v) is 13.8. The predicted molar refractivity (Wildman–Crippen MR) is 151 cm³/mol. The van der Waals surface area contributed by atoms with Gasteiger partial charge in [0.15, 0.2) is 5.82 Å². The van der Waals surface area contributed by atoms with Crippen LogP contribution in [-0.2, 0) is 9.47 Å². The Bertz CT molecular complexity index is 1000. The van der Waals surface area contributed by atoms with Crippen molar-refractivity contribution in [2.45, 2.75) is 79.1 Å². The number of nitrogens with one attached hydrogen (secondary N) is 2. The summed E-state index contributed by atoms with van der Waals surface area (Å²) in [6.45, 7) is 9.14. The molecule has 0 aliphatic rings. The molecule has 0 saturated carbocycles. The minimum absolute atomic E-state index is 0.128. The molecule has 2 rings (SSSR count). The van der Waals surface area contributed by atoms with Crippen molar-refractivity contribution in [2.75, 3.05) is 23.8 Å². The van der Waals surface area contributed by atoms with Gasteiger partial charge in [0, 0.05) is 0 Å². The van der Waals surface area contributed by atoms with E-state index in [1.807, 2.05) is 30.3 Å². The molecule has 0 saturated heterocycles. The van der Waals surface area contributed by atoms with Gasteiger partial charge in [0.1, 0.15) is 11.5 Å². The minimum atomic E-state index is -0.634. The van der Waals surface area contributed by atoms with Crippen LogP contribution in [0.3, 0.4) is 0 Å². The van der Waals surface area contributed by atoms with Crippen LogP contribution in [-0.4, -0.2) is 30.4 Å². The van der Waals surface area contributed by atoms with Gasteiger partial charge in [-0.3, -0.25) is 10.6 Å². The number of azo groups is 1. The maximum absolute atomic E-state index is 12.6. The molecular formula is C29H43N5O4. The first kappa shape index (κ1) is 30.7. The topological polar surface area (TPSA) is 114 Å². The fraction of sp³-hybridized carbons (Fsp3) is 0.552. The summed E-state index contributed by atoms with van der Waals surface area (Å²) in [5.41, 5.74) is 0.982. The lowest BCUT2D eigenvalue weighted by Gasteiger charge is -2.16. The molecule has 208 valence electrons. The van der Waals surface area contributed by atoms with Gasteiger partial charge in [0.25, 0.3) is 0 Å². The summed E-state index contributed by atoms with van der Waals surface area (Å²) >= 11 is 0. The number of unbranched alkanes of at least 4 members (excludes halogenated alkanes) is 2. The summed E-state index contributed by atoms with van der Waals surface area (Å²) in [6.07, 6.45) is 7.08. The molecule has 0 fully saturated rings. The zero-order valence-electron chi connectivity index (χ0n) is 23.2. The lowest BCUT2D eigenvalue weighted by molar-refractivity contribution is 0.135. The Kier molecular flexibility index (Phi) is 14.5. The van der Waals surface area contributed by atoms with E-state index in [4.69, 9.17) is 9.47 Å². The Morgan fingerprint density at radius 1 is 0.789 bits per heavy atom. The Hall–Kier alpha value is -3.49. The SMILES string of the molecule is CCCCC(CC)COC(=O)Nc1ccc(N=Nc2ccccc2)c(NC(=O)OCC(CC)CCCC)n1. The van der Waals surface area contributed by atoms with Crippen molar-refractivity contribution < 1.29 is 19.1 Å². The summed E-state index contributed by atoms with van der Waals surface area (Å²) < 4.78 is 10.9. The van der Waals surface area contributed by atoms with Crippen LogP contribution in [0.2, 0.25) is 0 Å². The van der Waals surface area contributed by atoms with E-state index in [1.165, 1.54) is 0 Å². The van der Waals surface area contributed by atoms with E-state index >= 15 is 0 Å². The van der Waals surface area contributed by atoms with Crippen molar-refractivity contribution in [2.24, 2.45) is 22.1 Å². The molecule has 2 amide bonds. The average Bonchev–Trinajstić information content (AvgIpc) is 2.93. The lowest BCUT2D eigenvalue weighted by atomic mass is 10.0. The Labute approximate surface area is 226 Å². The standard InChI is InChI=1S/C29H43N5O4/c1-5-9-14-22(7-3)20-37-28(35)31-26-19-18-25(34-33-24-16-12-11-13-17-24)27(30-26)32-29(36)38-21-23(8-4)15-10-6-2/h11-13,16-19,22-23H,5-10,14-15,20-21H2,1-4H3,(H2,30,31,32,35,36). The number of carbonyl (C=O) groups is 2. The van der Waals surface area contributed by atoms with Gasteiger partial charge >= 0.3 is 12.2 Å². The number of aromatic nitrogens is 1. The molecule has 2 N–H and O–H groups in total. The number of ether oxygens (including phenoxy) is 2. The second-order valence-corrected chi connectivity index (χ2v) is 9.38. The van der Waals surface area contributed by atoms with E-state index < -0.39 is 12.2 Å². The van der Waals surface area contributed by atoms with E-state index in [2.05, 4.69) is 53.5 Å². The second kappa shape index (κ2) is 17.9. The van der Waals surface area contributed by atoms with Crippen LogP contribution in [0.5, 0.6) is 0 Å². The van der Waals surface area contributed by atoms with Gasteiger partial charge in [0.05, 0.1) is 18.9 Å². The number of hydrogen-bond donors (Lipinski definition) is 2. The molecule has 2 unspecified atom stereocenters. The van der Waals surface area contributed by atoms with Gasteiger partial charge in [0.2, 0.25) is 0 Å². The monoisotopic (exact) mass is 525 g/mol. The maximum Gasteiger partial charge on any atom is 0.412 e. The Morgan fingerprint density at radius 2 is 1.37 bits per heavy atom. The molecule has 0 aliphatic carbocycles. The number of benzene rings is 1. The summed E-state index contributed by atoms with van der Waals surface area (Å²) in [7, 11) is 0. The largest absolute Gasteiger partial charge is 0.449 e. The average molecular weight is 526 g/mol. The molecule has 1 aromatic heterocycles. The van der Waals surface area contributed by atoms with Crippen LogP contribution < -0.4 is 10.6 Å². The third-order valence-corrected chi connectivity index (χ3v) is 6.34. The highest BCUT2D eigenvalue weighted by atomic mass is 16.6. The molecule has 1 aromatic carbocycles. The van der Waals surface area contributed by atoms with Crippen molar-refractivity contribution in [3.8, 4) is 0 Å². The molecule has 9 nitrogen and oxygen atoms in total. The lowest BCUT2D eigenvalue weighted by Crippen LogP contribution is -2.21. The second-order valence-electron chi connectivity index (χ2n) is 9.38. The van der Waals surface area contributed by atoms with Crippen molar-refractivity contribution in [1.29, 1.82) is 0 Å². The van der Waals surface area contributed by atoms with E-state index in [1.54, 1.807) is 12.1 Å². The predicted octanol–water partition coefficient (Wildman–Crippen LogP) is 9.03. The third kappa shape index (κ3) is 11.7. The quantitative estimate of drug-likeness (QED) is 0.212. The molecule has 0 radical (unpaired) electrons. The first-order chi connectivity index (χ1) is 18.5. The van der Waals surface area contributed by atoms with Crippen molar-refractivity contribution in [3.63, 3.8) is 0 Å². The van der Waals surface area contributed by atoms with Crippen LogP contribution in [0.25, 0.3) is 0 Å². The molecule has 9 heteroatoms. The van der Waals surface area contributed by atoms with Gasteiger partial charge in [-0.25, -0.2) is 14.6 Å². The van der Waals surface area contributed by atoms with Crippen molar-refractivity contribution in [1.82, 2.24) is 4.98 Å². The molecule has 1 heterocycles. The Balaban J connectivity index is 2.10. The van der Waals surface area contributed by atoms with E-state index in [9.17, 15) is 9.59 Å². The number of nitrogens with zero attached hydrogens (tertiary/aromatic N) is 3. The normalized spacial score (nSPS) is 12.6.